The number of furan rings is 1. The zero-order valence-electron chi connectivity index (χ0n) is 15.4. The first-order chi connectivity index (χ1) is 13.4. The van der Waals surface area contributed by atoms with Crippen molar-refractivity contribution in [3.05, 3.63) is 54.2 Å². The zero-order valence-corrected chi connectivity index (χ0v) is 15.4. The first kappa shape index (κ1) is 18.4. The molecule has 4 atom stereocenters. The number of esters is 1. The Bertz CT molecular complexity index is 927. The smallest absolute Gasteiger partial charge is 0.368 e. The van der Waals surface area contributed by atoms with Gasteiger partial charge >= 0.3 is 5.97 Å². The van der Waals surface area contributed by atoms with Crippen molar-refractivity contribution in [2.24, 2.45) is 11.8 Å². The molecule has 7 nitrogen and oxygen atoms in total. The molecular weight excluding hydrogens is 367 g/mol. The predicted octanol–water partition coefficient (Wildman–Crippen LogP) is 1.16. The summed E-state index contributed by atoms with van der Waals surface area (Å²) in [7, 11) is 0. The van der Waals surface area contributed by atoms with E-state index in [0.717, 1.165) is 4.90 Å². The Hall–Kier alpha value is -3.00. The van der Waals surface area contributed by atoms with Crippen LogP contribution >= 0.6 is 0 Å². The number of fused-ring (bicyclic) bond motifs is 1. The van der Waals surface area contributed by atoms with Crippen LogP contribution in [0.25, 0.3) is 0 Å². The third kappa shape index (κ3) is 2.56. The average molecular weight is 387 g/mol. The number of hydrogen-bond acceptors (Lipinski definition) is 5. The first-order valence-corrected chi connectivity index (χ1v) is 9.08. The molecule has 28 heavy (non-hydrogen) atoms. The van der Waals surface area contributed by atoms with Crippen molar-refractivity contribution in [2.75, 3.05) is 11.5 Å². The summed E-state index contributed by atoms with van der Waals surface area (Å²) in [6, 6.07) is 7.98. The van der Waals surface area contributed by atoms with Crippen LogP contribution in [0.5, 0.6) is 0 Å². The van der Waals surface area contributed by atoms with Gasteiger partial charge in [0.05, 0.1) is 18.6 Å². The van der Waals surface area contributed by atoms with E-state index >= 15 is 0 Å². The van der Waals surface area contributed by atoms with Crippen LogP contribution in [0.2, 0.25) is 0 Å². The van der Waals surface area contributed by atoms with Gasteiger partial charge in [0.1, 0.15) is 17.7 Å². The number of anilines is 1. The number of imide groups is 1. The van der Waals surface area contributed by atoms with Gasteiger partial charge < -0.3 is 14.5 Å². The molecule has 146 valence electrons. The van der Waals surface area contributed by atoms with Gasteiger partial charge in [0, 0.05) is 6.92 Å². The zero-order chi connectivity index (χ0) is 20.1. The van der Waals surface area contributed by atoms with Gasteiger partial charge in [-0.15, -0.1) is 0 Å². The molecule has 0 saturated carbocycles. The molecule has 0 unspecified atom stereocenters. The fraction of sp³-hybridized carbons (Fsp3) is 0.350. The van der Waals surface area contributed by atoms with E-state index in [4.69, 9.17) is 9.15 Å². The molecule has 0 aliphatic carbocycles. The Labute approximate surface area is 160 Å². The van der Waals surface area contributed by atoms with E-state index in [9.17, 15) is 18.8 Å². The maximum atomic E-state index is 13.3. The second-order valence-electron chi connectivity index (χ2n) is 7.20. The molecule has 2 aromatic rings. The van der Waals surface area contributed by atoms with Gasteiger partial charge in [0.25, 0.3) is 0 Å². The number of amides is 2. The van der Waals surface area contributed by atoms with Crippen LogP contribution in [0.3, 0.4) is 0 Å². The van der Waals surface area contributed by atoms with Gasteiger partial charge in [-0.3, -0.25) is 9.59 Å². The molecule has 2 fully saturated rings. The monoisotopic (exact) mass is 387 g/mol. The normalized spacial score (nSPS) is 29.2. The second kappa shape index (κ2) is 6.56. The van der Waals surface area contributed by atoms with E-state index in [1.807, 2.05) is 0 Å². The standard InChI is InChI=1S/C20H19FN2O5/c1-3-27-19(26)20(2)15-14(16(22-20)13-5-4-10-28-13)17(24)23(18(15)25)12-8-6-11(21)7-9-12/h4-10,14-16,22H,3H2,1-2H3/p+1/t14-,15-,16-,20-/m0/s1. The summed E-state index contributed by atoms with van der Waals surface area (Å²) in [4.78, 5) is 40.3. The van der Waals surface area contributed by atoms with Gasteiger partial charge in [-0.05, 0) is 43.3 Å². The van der Waals surface area contributed by atoms with Gasteiger partial charge in [-0.2, -0.15) is 0 Å². The van der Waals surface area contributed by atoms with E-state index in [2.05, 4.69) is 0 Å². The van der Waals surface area contributed by atoms with Gasteiger partial charge in [0.2, 0.25) is 17.4 Å². The molecular formula is C20H20FN2O5+. The van der Waals surface area contributed by atoms with Crippen molar-refractivity contribution in [1.82, 2.24) is 0 Å². The van der Waals surface area contributed by atoms with E-state index in [1.165, 1.54) is 30.5 Å². The Kier molecular flexibility index (Phi) is 4.30. The molecule has 0 bridgehead atoms. The molecule has 4 rings (SSSR count). The molecule has 3 heterocycles. The summed E-state index contributed by atoms with van der Waals surface area (Å²) in [6.07, 6.45) is 1.48. The van der Waals surface area contributed by atoms with Crippen molar-refractivity contribution >= 4 is 23.5 Å². The summed E-state index contributed by atoms with van der Waals surface area (Å²) in [5, 5.41) is 1.69. The SMILES string of the molecule is CCOC(=O)[C@@]1(C)[NH2+][C@@H](c2ccco2)[C@H]2C(=O)N(c3ccc(F)cc3)C(=O)[C@H]21. The summed E-state index contributed by atoms with van der Waals surface area (Å²) >= 11 is 0. The number of carbonyl (C=O) groups excluding carboxylic acids is 3. The highest BCUT2D eigenvalue weighted by Crippen LogP contribution is 2.45. The van der Waals surface area contributed by atoms with E-state index in [-0.39, 0.29) is 12.3 Å². The quantitative estimate of drug-likeness (QED) is 0.628. The van der Waals surface area contributed by atoms with Crippen LogP contribution in [0.1, 0.15) is 25.6 Å². The highest BCUT2D eigenvalue weighted by molar-refractivity contribution is 6.23. The van der Waals surface area contributed by atoms with Crippen LogP contribution in [-0.2, 0) is 19.1 Å². The predicted molar refractivity (Wildman–Crippen MR) is 94.3 cm³/mol. The number of rotatable bonds is 4. The van der Waals surface area contributed by atoms with Gasteiger partial charge in [-0.1, -0.05) is 0 Å². The van der Waals surface area contributed by atoms with Crippen LogP contribution in [0.15, 0.2) is 47.1 Å². The molecule has 2 aliphatic heterocycles. The third-order valence-electron chi connectivity index (χ3n) is 5.58. The minimum atomic E-state index is -1.28. The molecule has 1 aromatic carbocycles. The largest absolute Gasteiger partial charge is 0.463 e. The minimum Gasteiger partial charge on any atom is -0.463 e. The van der Waals surface area contributed by atoms with Crippen LogP contribution < -0.4 is 10.2 Å². The number of halogens is 1. The van der Waals surface area contributed by atoms with Crippen LogP contribution in [-0.4, -0.2) is 29.9 Å². The van der Waals surface area contributed by atoms with Crippen molar-refractivity contribution in [2.45, 2.75) is 25.4 Å². The van der Waals surface area contributed by atoms with E-state index < -0.39 is 47.0 Å². The summed E-state index contributed by atoms with van der Waals surface area (Å²) in [6.45, 7) is 3.46. The lowest BCUT2D eigenvalue weighted by Gasteiger charge is -2.25. The molecule has 2 aliphatic rings. The average Bonchev–Trinajstić information content (AvgIpc) is 3.35. The fourth-order valence-electron chi connectivity index (χ4n) is 4.33. The topological polar surface area (TPSA) is 93.4 Å². The Morgan fingerprint density at radius 3 is 2.57 bits per heavy atom. The highest BCUT2D eigenvalue weighted by atomic mass is 19.1. The van der Waals surface area contributed by atoms with Crippen LogP contribution in [0, 0.1) is 17.7 Å². The minimum absolute atomic E-state index is 0.162. The number of carbonyl (C=O) groups is 3. The molecule has 2 amide bonds. The van der Waals surface area contributed by atoms with Gasteiger partial charge in [0.15, 0.2) is 11.8 Å². The fourth-order valence-corrected chi connectivity index (χ4v) is 4.33. The number of nitrogens with two attached hydrogens (primary N) is 1. The lowest BCUT2D eigenvalue weighted by molar-refractivity contribution is -0.732. The Morgan fingerprint density at radius 1 is 1.25 bits per heavy atom. The Morgan fingerprint density at radius 2 is 1.96 bits per heavy atom. The number of hydrogen-bond donors (Lipinski definition) is 1. The van der Waals surface area contributed by atoms with Crippen molar-refractivity contribution in [3.8, 4) is 0 Å². The summed E-state index contributed by atoms with van der Waals surface area (Å²) in [5.74, 6) is -3.17. The lowest BCUT2D eigenvalue weighted by atomic mass is 9.81. The molecule has 0 radical (unpaired) electrons. The van der Waals surface area contributed by atoms with Crippen LogP contribution in [0.4, 0.5) is 10.1 Å². The third-order valence-corrected chi connectivity index (χ3v) is 5.58. The van der Waals surface area contributed by atoms with E-state index in [0.29, 0.717) is 5.76 Å². The maximum absolute atomic E-state index is 13.3. The summed E-state index contributed by atoms with van der Waals surface area (Å²) < 4.78 is 24.0. The molecule has 8 heteroatoms. The Balaban J connectivity index is 1.80. The molecule has 2 saturated heterocycles. The summed E-state index contributed by atoms with van der Waals surface area (Å²) in [5.41, 5.74) is -1.00. The van der Waals surface area contributed by atoms with Gasteiger partial charge in [-0.25, -0.2) is 14.1 Å². The molecule has 0 spiro atoms. The lowest BCUT2D eigenvalue weighted by Crippen LogP contribution is -2.97. The van der Waals surface area contributed by atoms with Crippen molar-refractivity contribution in [1.29, 1.82) is 0 Å². The first-order valence-electron chi connectivity index (χ1n) is 9.08. The molecule has 2 N–H and O–H groups in total. The van der Waals surface area contributed by atoms with E-state index in [1.54, 1.807) is 31.3 Å². The maximum Gasteiger partial charge on any atom is 0.368 e. The number of nitrogens with zero attached hydrogens (tertiary/aromatic N) is 1. The number of ether oxygens (including phenoxy) is 1. The second-order valence-corrected chi connectivity index (χ2v) is 7.20. The number of quaternary nitrogens is 1. The van der Waals surface area contributed by atoms with Crippen molar-refractivity contribution < 1.29 is 33.2 Å². The number of benzene rings is 1. The van der Waals surface area contributed by atoms with Crippen molar-refractivity contribution in [3.63, 3.8) is 0 Å². The molecule has 1 aromatic heterocycles. The highest BCUT2D eigenvalue weighted by Gasteiger charge is 2.71.